The molecule has 2 aromatic carbocycles. The lowest BCUT2D eigenvalue weighted by atomic mass is 9.91. The normalized spacial score (nSPS) is 16.9. The Kier molecular flexibility index (Phi) is 9.02. The van der Waals surface area contributed by atoms with Gasteiger partial charge in [0.2, 0.25) is 5.95 Å². The van der Waals surface area contributed by atoms with E-state index in [4.69, 9.17) is 9.72 Å². The van der Waals surface area contributed by atoms with E-state index in [1.54, 1.807) is 6.20 Å². The molecule has 6 rings (SSSR count). The van der Waals surface area contributed by atoms with Crippen molar-refractivity contribution in [3.8, 4) is 11.5 Å². The largest absolute Gasteiger partial charge is 0.457 e. The molecule has 0 saturated carbocycles. The van der Waals surface area contributed by atoms with Crippen LogP contribution in [0.1, 0.15) is 36.6 Å². The third kappa shape index (κ3) is 7.06. The number of nitrogens with one attached hydrogen (secondary N) is 2. The summed E-state index contributed by atoms with van der Waals surface area (Å²) in [7, 11) is 2.01. The van der Waals surface area contributed by atoms with Crippen LogP contribution in [0.5, 0.6) is 11.5 Å². The molecule has 4 heterocycles. The number of pyridine rings is 1. The van der Waals surface area contributed by atoms with Gasteiger partial charge < -0.3 is 24.8 Å². The summed E-state index contributed by atoms with van der Waals surface area (Å²) in [4.78, 5) is 27.1. The Morgan fingerprint density at radius 3 is 2.53 bits per heavy atom. The number of hydrogen-bond donors (Lipinski definition) is 2. The summed E-state index contributed by atoms with van der Waals surface area (Å²) in [6, 6.07) is 16.2. The fourth-order valence-corrected chi connectivity index (χ4v) is 6.15. The summed E-state index contributed by atoms with van der Waals surface area (Å²) in [6.45, 7) is 12.9. The average Bonchev–Trinajstić information content (AvgIpc) is 3.33. The molecule has 226 valence electrons. The minimum atomic E-state index is 0.122. The summed E-state index contributed by atoms with van der Waals surface area (Å²) >= 11 is 0. The molecule has 0 amide bonds. The number of aryl methyl sites for hydroxylation is 2. The van der Waals surface area contributed by atoms with Crippen molar-refractivity contribution < 1.29 is 9.53 Å². The number of Topliss-reactive ketones (excluding diaryl/α,β-unsaturated/α-hetero) is 1. The SMILES string of the molecule is CCN1CCN(Cc2ccc(Nc3nc4ccc(Oc5ccnc(CC(=O)C6CCNCC6)c5)cc4n3C)cc2C)CC1. The molecule has 2 aliphatic heterocycles. The summed E-state index contributed by atoms with van der Waals surface area (Å²) in [6.07, 6.45) is 3.86. The van der Waals surface area contributed by atoms with E-state index in [0.29, 0.717) is 17.9 Å². The molecule has 0 bridgehead atoms. The van der Waals surface area contributed by atoms with Gasteiger partial charge in [0.05, 0.1) is 16.7 Å². The number of nitrogens with zero attached hydrogens (tertiary/aromatic N) is 5. The molecule has 0 radical (unpaired) electrons. The lowest BCUT2D eigenvalue weighted by molar-refractivity contribution is -0.123. The molecular weight excluding hydrogens is 538 g/mol. The highest BCUT2D eigenvalue weighted by Gasteiger charge is 2.21. The zero-order valence-electron chi connectivity index (χ0n) is 25.6. The first kappa shape index (κ1) is 29.3. The fraction of sp³-hybridized carbons (Fsp3) is 0.441. The van der Waals surface area contributed by atoms with Crippen molar-refractivity contribution in [2.45, 2.75) is 39.7 Å². The number of ether oxygens (including phenoxy) is 1. The van der Waals surface area contributed by atoms with Crippen molar-refractivity contribution in [1.29, 1.82) is 0 Å². The topological polar surface area (TPSA) is 87.6 Å². The highest BCUT2D eigenvalue weighted by atomic mass is 16.5. The molecule has 9 nitrogen and oxygen atoms in total. The van der Waals surface area contributed by atoms with E-state index in [0.717, 1.165) is 93.6 Å². The van der Waals surface area contributed by atoms with Gasteiger partial charge in [-0.05, 0) is 80.9 Å². The van der Waals surface area contributed by atoms with Gasteiger partial charge in [0.25, 0.3) is 0 Å². The number of benzene rings is 2. The number of piperidine rings is 1. The third-order valence-corrected chi connectivity index (χ3v) is 8.93. The standard InChI is InChI=1S/C34H43N7O2/c1-4-40-15-17-41(18-16-40)23-26-5-6-27(19-24(26)2)37-34-38-31-8-7-29(22-32(31)39(34)3)43-30-11-14-36-28(20-30)21-33(42)25-9-12-35-13-10-25/h5-8,11,14,19-20,22,25,35H,4,9-10,12-13,15-18,21,23H2,1-3H3,(H,37,38). The first-order chi connectivity index (χ1) is 20.9. The van der Waals surface area contributed by atoms with Crippen LogP contribution in [0.3, 0.4) is 0 Å². The second-order valence-electron chi connectivity index (χ2n) is 11.9. The van der Waals surface area contributed by atoms with Crippen molar-refractivity contribution in [2.75, 3.05) is 51.1 Å². The van der Waals surface area contributed by atoms with Gasteiger partial charge in [0.15, 0.2) is 0 Å². The van der Waals surface area contributed by atoms with Gasteiger partial charge in [-0.1, -0.05) is 13.0 Å². The second-order valence-corrected chi connectivity index (χ2v) is 11.9. The molecular formula is C34H43N7O2. The average molecular weight is 582 g/mol. The van der Waals surface area contributed by atoms with E-state index in [-0.39, 0.29) is 11.7 Å². The highest BCUT2D eigenvalue weighted by molar-refractivity contribution is 5.83. The number of carbonyl (C=O) groups is 1. The van der Waals surface area contributed by atoms with Crippen LogP contribution in [0.25, 0.3) is 11.0 Å². The zero-order chi connectivity index (χ0) is 29.8. The van der Waals surface area contributed by atoms with Crippen molar-refractivity contribution >= 4 is 28.5 Å². The van der Waals surface area contributed by atoms with Crippen LogP contribution in [0.15, 0.2) is 54.7 Å². The molecule has 0 atom stereocenters. The van der Waals surface area contributed by atoms with E-state index in [1.807, 2.05) is 41.9 Å². The highest BCUT2D eigenvalue weighted by Crippen LogP contribution is 2.29. The molecule has 43 heavy (non-hydrogen) atoms. The lowest BCUT2D eigenvalue weighted by Gasteiger charge is -2.34. The zero-order valence-corrected chi connectivity index (χ0v) is 25.6. The minimum absolute atomic E-state index is 0.122. The Labute approximate surface area is 254 Å². The summed E-state index contributed by atoms with van der Waals surface area (Å²) in [5, 5.41) is 6.83. The second kappa shape index (κ2) is 13.2. The maximum atomic E-state index is 12.8. The van der Waals surface area contributed by atoms with Gasteiger partial charge in [-0.15, -0.1) is 0 Å². The van der Waals surface area contributed by atoms with E-state index < -0.39 is 0 Å². The number of rotatable bonds is 10. The Morgan fingerprint density at radius 1 is 1.00 bits per heavy atom. The van der Waals surface area contributed by atoms with Crippen LogP contribution in [-0.4, -0.2) is 75.9 Å². The molecule has 2 fully saturated rings. The van der Waals surface area contributed by atoms with Crippen molar-refractivity contribution in [1.82, 2.24) is 29.7 Å². The maximum Gasteiger partial charge on any atom is 0.208 e. The maximum absolute atomic E-state index is 12.8. The molecule has 2 N–H and O–H groups in total. The fourth-order valence-electron chi connectivity index (χ4n) is 6.15. The van der Waals surface area contributed by atoms with Gasteiger partial charge in [-0.25, -0.2) is 4.98 Å². The van der Waals surface area contributed by atoms with Crippen LogP contribution in [0, 0.1) is 12.8 Å². The molecule has 0 spiro atoms. The first-order valence-corrected chi connectivity index (χ1v) is 15.6. The number of hydrogen-bond acceptors (Lipinski definition) is 8. The number of carbonyl (C=O) groups excluding carboxylic acids is 1. The van der Waals surface area contributed by atoms with Gasteiger partial charge in [0, 0.05) is 76.1 Å². The van der Waals surface area contributed by atoms with Gasteiger partial charge in [-0.3, -0.25) is 14.7 Å². The first-order valence-electron chi connectivity index (χ1n) is 15.6. The van der Waals surface area contributed by atoms with Crippen molar-refractivity contribution in [2.24, 2.45) is 13.0 Å². The minimum Gasteiger partial charge on any atom is -0.457 e. The quantitative estimate of drug-likeness (QED) is 0.269. The van der Waals surface area contributed by atoms with Gasteiger partial charge >= 0.3 is 0 Å². The van der Waals surface area contributed by atoms with E-state index in [2.05, 4.69) is 57.5 Å². The molecule has 0 aliphatic carbocycles. The van der Waals surface area contributed by atoms with E-state index >= 15 is 0 Å². The number of likely N-dealkylation sites (N-methyl/N-ethyl adjacent to an activating group) is 1. The molecule has 0 unspecified atom stereocenters. The Balaban J connectivity index is 1.10. The number of fused-ring (bicyclic) bond motifs is 1. The number of ketones is 1. The number of imidazole rings is 1. The van der Waals surface area contributed by atoms with Gasteiger partial charge in [0.1, 0.15) is 17.3 Å². The van der Waals surface area contributed by atoms with Crippen LogP contribution in [0.4, 0.5) is 11.6 Å². The smallest absolute Gasteiger partial charge is 0.208 e. The van der Waals surface area contributed by atoms with Crippen LogP contribution < -0.4 is 15.4 Å². The van der Waals surface area contributed by atoms with Crippen LogP contribution in [0.2, 0.25) is 0 Å². The molecule has 2 aromatic heterocycles. The molecule has 2 aliphatic rings. The molecule has 2 saturated heterocycles. The van der Waals surface area contributed by atoms with Crippen molar-refractivity contribution in [3.63, 3.8) is 0 Å². The predicted octanol–water partition coefficient (Wildman–Crippen LogP) is 5.06. The van der Waals surface area contributed by atoms with E-state index in [1.165, 1.54) is 11.1 Å². The van der Waals surface area contributed by atoms with E-state index in [9.17, 15) is 4.79 Å². The Bertz CT molecular complexity index is 1570. The third-order valence-electron chi connectivity index (χ3n) is 8.93. The number of piperazine rings is 1. The molecule has 4 aromatic rings. The Hall–Kier alpha value is -3.79. The lowest BCUT2D eigenvalue weighted by Crippen LogP contribution is -2.45. The number of aromatic nitrogens is 3. The van der Waals surface area contributed by atoms with Crippen LogP contribution >= 0.6 is 0 Å². The Morgan fingerprint density at radius 2 is 1.77 bits per heavy atom. The number of anilines is 2. The monoisotopic (exact) mass is 581 g/mol. The van der Waals surface area contributed by atoms with Gasteiger partial charge in [-0.2, -0.15) is 0 Å². The summed E-state index contributed by atoms with van der Waals surface area (Å²) < 4.78 is 8.26. The predicted molar refractivity (Wildman–Crippen MR) is 171 cm³/mol. The van der Waals surface area contributed by atoms with Crippen LogP contribution in [-0.2, 0) is 24.8 Å². The summed E-state index contributed by atoms with van der Waals surface area (Å²) in [5.74, 6) is 2.54. The molecule has 9 heteroatoms. The summed E-state index contributed by atoms with van der Waals surface area (Å²) in [5.41, 5.74) is 6.28. The van der Waals surface area contributed by atoms with Crippen molar-refractivity contribution in [3.05, 3.63) is 71.5 Å².